The molecule has 2 aromatic rings. The van der Waals surface area contributed by atoms with Crippen molar-refractivity contribution in [1.82, 2.24) is 14.6 Å². The number of rotatable bonds is 2. The van der Waals surface area contributed by atoms with Crippen molar-refractivity contribution in [3.63, 3.8) is 0 Å². The van der Waals surface area contributed by atoms with Crippen LogP contribution < -0.4 is 5.32 Å². The van der Waals surface area contributed by atoms with Gasteiger partial charge in [-0.3, -0.25) is 0 Å². The van der Waals surface area contributed by atoms with E-state index < -0.39 is 9.84 Å². The Balaban J connectivity index is 1.84. The van der Waals surface area contributed by atoms with E-state index in [1.807, 2.05) is 12.1 Å². The minimum Gasteiger partial charge on any atom is -0.349 e. The molecule has 1 N–H and O–H groups in total. The first-order valence-electron chi connectivity index (χ1n) is 6.01. The summed E-state index contributed by atoms with van der Waals surface area (Å²) in [5, 5.41) is 7.40. The van der Waals surface area contributed by atoms with Crippen LogP contribution in [0.3, 0.4) is 0 Å². The summed E-state index contributed by atoms with van der Waals surface area (Å²) < 4.78 is 25.7. The van der Waals surface area contributed by atoms with Crippen molar-refractivity contribution in [1.29, 1.82) is 0 Å². The Bertz CT molecular complexity index is 713. The molecule has 1 aliphatic rings. The fourth-order valence-electron chi connectivity index (χ4n) is 2.25. The third-order valence-corrected chi connectivity index (χ3v) is 5.55. The van der Waals surface area contributed by atoms with Crippen molar-refractivity contribution in [3.8, 4) is 0 Å². The average Bonchev–Trinajstić information content (AvgIpc) is 2.71. The molecule has 0 aromatic carbocycles. The number of nitrogens with one attached hydrogen (secondary N) is 1. The lowest BCUT2D eigenvalue weighted by Gasteiger charge is -2.22. The van der Waals surface area contributed by atoms with Crippen molar-refractivity contribution in [2.75, 3.05) is 16.8 Å². The number of sulfone groups is 1. The van der Waals surface area contributed by atoms with Crippen molar-refractivity contribution in [2.45, 2.75) is 18.9 Å². The zero-order valence-electron chi connectivity index (χ0n) is 10.1. The summed E-state index contributed by atoms with van der Waals surface area (Å²) in [6.07, 6.45) is 3.32. The number of pyridine rings is 1. The SMILES string of the molecule is O=S1(=O)CCCC(Nc2nc3c(Br)cccn3n2)C1. The molecule has 2 aromatic heterocycles. The first kappa shape index (κ1) is 12.9. The average molecular weight is 345 g/mol. The molecule has 1 aliphatic heterocycles. The molecule has 0 radical (unpaired) electrons. The molecule has 19 heavy (non-hydrogen) atoms. The van der Waals surface area contributed by atoms with Gasteiger partial charge in [0.25, 0.3) is 0 Å². The van der Waals surface area contributed by atoms with Crippen LogP contribution in [0.1, 0.15) is 12.8 Å². The van der Waals surface area contributed by atoms with Crippen LogP contribution in [0, 0.1) is 0 Å². The van der Waals surface area contributed by atoms with Gasteiger partial charge in [0, 0.05) is 12.2 Å². The molecule has 3 heterocycles. The Labute approximate surface area is 119 Å². The summed E-state index contributed by atoms with van der Waals surface area (Å²) in [5.74, 6) is 0.910. The molecule has 1 fully saturated rings. The molecule has 6 nitrogen and oxygen atoms in total. The third kappa shape index (κ3) is 2.74. The van der Waals surface area contributed by atoms with Gasteiger partial charge in [-0.15, -0.1) is 5.10 Å². The number of nitrogens with zero attached hydrogens (tertiary/aromatic N) is 3. The van der Waals surface area contributed by atoms with Crippen LogP contribution in [-0.2, 0) is 9.84 Å². The molecule has 0 aliphatic carbocycles. The zero-order chi connectivity index (χ0) is 13.5. The largest absolute Gasteiger partial charge is 0.349 e. The number of hydrogen-bond donors (Lipinski definition) is 1. The van der Waals surface area contributed by atoms with Gasteiger partial charge in [0.05, 0.1) is 16.0 Å². The molecule has 0 spiro atoms. The fourth-order valence-corrected chi connectivity index (χ4v) is 4.31. The Kier molecular flexibility index (Phi) is 3.22. The van der Waals surface area contributed by atoms with Gasteiger partial charge in [-0.1, -0.05) is 0 Å². The minimum atomic E-state index is -2.92. The van der Waals surface area contributed by atoms with E-state index in [1.165, 1.54) is 0 Å². The highest BCUT2D eigenvalue weighted by Gasteiger charge is 2.25. The van der Waals surface area contributed by atoms with Gasteiger partial charge in [0.15, 0.2) is 15.5 Å². The summed E-state index contributed by atoms with van der Waals surface area (Å²) >= 11 is 3.41. The van der Waals surface area contributed by atoms with E-state index in [4.69, 9.17) is 0 Å². The van der Waals surface area contributed by atoms with Gasteiger partial charge in [0.2, 0.25) is 5.95 Å². The van der Waals surface area contributed by atoms with Crippen LogP contribution in [-0.4, -0.2) is 40.6 Å². The van der Waals surface area contributed by atoms with E-state index >= 15 is 0 Å². The maximum atomic E-state index is 11.6. The highest BCUT2D eigenvalue weighted by Crippen LogP contribution is 2.19. The molecular weight excluding hydrogens is 332 g/mol. The molecule has 102 valence electrons. The van der Waals surface area contributed by atoms with Crippen molar-refractivity contribution in [3.05, 3.63) is 22.8 Å². The summed E-state index contributed by atoms with van der Waals surface area (Å²) in [5.41, 5.74) is 0.712. The second-order valence-corrected chi connectivity index (χ2v) is 7.74. The minimum absolute atomic E-state index is 0.102. The second-order valence-electron chi connectivity index (χ2n) is 4.66. The van der Waals surface area contributed by atoms with E-state index in [2.05, 4.69) is 31.3 Å². The van der Waals surface area contributed by atoms with E-state index in [-0.39, 0.29) is 17.5 Å². The number of aromatic nitrogens is 3. The van der Waals surface area contributed by atoms with Crippen molar-refractivity contribution in [2.24, 2.45) is 0 Å². The predicted octanol–water partition coefficient (Wildman–Crippen LogP) is 1.48. The zero-order valence-corrected chi connectivity index (χ0v) is 12.5. The van der Waals surface area contributed by atoms with Gasteiger partial charge < -0.3 is 5.32 Å². The second kappa shape index (κ2) is 4.75. The van der Waals surface area contributed by atoms with E-state index in [0.717, 1.165) is 10.9 Å². The van der Waals surface area contributed by atoms with Crippen molar-refractivity contribution < 1.29 is 8.42 Å². The Morgan fingerprint density at radius 3 is 3.05 bits per heavy atom. The highest BCUT2D eigenvalue weighted by atomic mass is 79.9. The monoisotopic (exact) mass is 344 g/mol. The Morgan fingerprint density at radius 2 is 2.32 bits per heavy atom. The van der Waals surface area contributed by atoms with E-state index in [9.17, 15) is 8.42 Å². The summed E-state index contributed by atoms with van der Waals surface area (Å²) in [4.78, 5) is 4.35. The van der Waals surface area contributed by atoms with Crippen LogP contribution in [0.25, 0.3) is 5.65 Å². The molecule has 3 rings (SSSR count). The lowest BCUT2D eigenvalue weighted by atomic mass is 10.2. The number of halogens is 1. The van der Waals surface area contributed by atoms with Crippen LogP contribution >= 0.6 is 15.9 Å². The summed E-state index contributed by atoms with van der Waals surface area (Å²) in [6, 6.07) is 3.65. The van der Waals surface area contributed by atoms with Crippen LogP contribution in [0.2, 0.25) is 0 Å². The normalized spacial score (nSPS) is 22.5. The standard InChI is InChI=1S/C11H13BrN4O2S/c12-9-4-1-5-16-10(9)14-11(15-16)13-8-3-2-6-19(17,18)7-8/h1,4-5,8H,2-3,6-7H2,(H,13,15). The first-order valence-corrected chi connectivity index (χ1v) is 8.63. The molecule has 1 atom stereocenters. The summed E-state index contributed by atoms with van der Waals surface area (Å²) in [7, 11) is -2.92. The lowest BCUT2D eigenvalue weighted by molar-refractivity contribution is 0.561. The van der Waals surface area contributed by atoms with Gasteiger partial charge in [-0.05, 0) is 40.9 Å². The van der Waals surface area contributed by atoms with Crippen LogP contribution in [0.5, 0.6) is 0 Å². The van der Waals surface area contributed by atoms with Gasteiger partial charge in [0.1, 0.15) is 0 Å². The fraction of sp³-hybridized carbons (Fsp3) is 0.455. The molecule has 0 bridgehead atoms. The molecule has 1 saturated heterocycles. The molecule has 1 unspecified atom stereocenters. The molecule has 0 amide bonds. The van der Waals surface area contributed by atoms with Gasteiger partial charge in [-0.25, -0.2) is 12.9 Å². The van der Waals surface area contributed by atoms with Gasteiger partial charge in [-0.2, -0.15) is 4.98 Å². The maximum absolute atomic E-state index is 11.6. The Morgan fingerprint density at radius 1 is 1.47 bits per heavy atom. The first-order chi connectivity index (χ1) is 9.03. The highest BCUT2D eigenvalue weighted by molar-refractivity contribution is 9.10. The topological polar surface area (TPSA) is 76.4 Å². The van der Waals surface area contributed by atoms with E-state index in [0.29, 0.717) is 18.0 Å². The smallest absolute Gasteiger partial charge is 0.243 e. The molecule has 8 heteroatoms. The Hall–Kier alpha value is -1.15. The predicted molar refractivity (Wildman–Crippen MR) is 76.0 cm³/mol. The maximum Gasteiger partial charge on any atom is 0.243 e. The summed E-state index contributed by atoms with van der Waals surface area (Å²) in [6.45, 7) is 0. The van der Waals surface area contributed by atoms with Gasteiger partial charge >= 0.3 is 0 Å². The quantitative estimate of drug-likeness (QED) is 0.892. The molecule has 0 saturated carbocycles. The van der Waals surface area contributed by atoms with Crippen LogP contribution in [0.4, 0.5) is 5.95 Å². The molecular formula is C11H13BrN4O2S. The van der Waals surface area contributed by atoms with E-state index in [1.54, 1.807) is 10.7 Å². The van der Waals surface area contributed by atoms with Crippen LogP contribution in [0.15, 0.2) is 22.8 Å². The number of fused-ring (bicyclic) bond motifs is 1. The number of hydrogen-bond acceptors (Lipinski definition) is 5. The van der Waals surface area contributed by atoms with Crippen molar-refractivity contribution >= 4 is 37.4 Å². The number of anilines is 1. The lowest BCUT2D eigenvalue weighted by Crippen LogP contribution is -2.35. The third-order valence-electron chi connectivity index (χ3n) is 3.11.